The molecule has 0 radical (unpaired) electrons. The third kappa shape index (κ3) is 3.46. The highest BCUT2D eigenvalue weighted by atomic mass is 32.2. The molecule has 0 fully saturated rings. The van der Waals surface area contributed by atoms with E-state index >= 15 is 0 Å². The molecule has 1 aromatic carbocycles. The molecule has 3 heterocycles. The van der Waals surface area contributed by atoms with Gasteiger partial charge in [0.05, 0.1) is 12.4 Å². The zero-order chi connectivity index (χ0) is 17.9. The maximum Gasteiger partial charge on any atom is 0.247 e. The Bertz CT molecular complexity index is 874. The van der Waals surface area contributed by atoms with Crippen LogP contribution in [0.4, 0.5) is 0 Å². The van der Waals surface area contributed by atoms with Crippen molar-refractivity contribution in [2.75, 3.05) is 7.11 Å². The van der Waals surface area contributed by atoms with Gasteiger partial charge in [-0.25, -0.2) is 0 Å². The Labute approximate surface area is 156 Å². The molecule has 0 amide bonds. The molecule has 0 bridgehead atoms. The van der Waals surface area contributed by atoms with Crippen LogP contribution >= 0.6 is 11.8 Å². The SMILES string of the molecule is COc1ccc(-c2nnc(C(C)Sc3nnc4n3CCCCC4)o2)cc1. The maximum atomic E-state index is 5.88. The van der Waals surface area contributed by atoms with Crippen LogP contribution in [0.25, 0.3) is 11.5 Å². The van der Waals surface area contributed by atoms with Crippen LogP contribution in [0.5, 0.6) is 5.75 Å². The number of aryl methyl sites for hydroxylation is 1. The molecule has 0 aliphatic carbocycles. The van der Waals surface area contributed by atoms with Crippen molar-refractivity contribution in [2.24, 2.45) is 0 Å². The quantitative estimate of drug-likeness (QED) is 0.629. The summed E-state index contributed by atoms with van der Waals surface area (Å²) in [4.78, 5) is 0. The molecule has 1 atom stereocenters. The first-order chi connectivity index (χ1) is 12.7. The zero-order valence-electron chi connectivity index (χ0n) is 14.9. The van der Waals surface area contributed by atoms with E-state index in [9.17, 15) is 0 Å². The predicted octanol–water partition coefficient (Wildman–Crippen LogP) is 3.92. The average molecular weight is 371 g/mol. The van der Waals surface area contributed by atoms with Crippen molar-refractivity contribution >= 4 is 11.8 Å². The minimum absolute atomic E-state index is 0.00560. The fraction of sp³-hybridized carbons (Fsp3) is 0.444. The Morgan fingerprint density at radius 1 is 1.08 bits per heavy atom. The molecule has 1 unspecified atom stereocenters. The lowest BCUT2D eigenvalue weighted by atomic mass is 10.2. The summed E-state index contributed by atoms with van der Waals surface area (Å²) in [6.07, 6.45) is 4.62. The van der Waals surface area contributed by atoms with Crippen LogP contribution in [0.1, 0.15) is 43.2 Å². The van der Waals surface area contributed by atoms with Crippen molar-refractivity contribution in [3.63, 3.8) is 0 Å². The summed E-state index contributed by atoms with van der Waals surface area (Å²) in [6.45, 7) is 3.03. The van der Waals surface area contributed by atoms with Crippen LogP contribution in [-0.2, 0) is 13.0 Å². The van der Waals surface area contributed by atoms with Crippen LogP contribution in [0.3, 0.4) is 0 Å². The topological polar surface area (TPSA) is 78.9 Å². The monoisotopic (exact) mass is 371 g/mol. The van der Waals surface area contributed by atoms with Gasteiger partial charge in [-0.05, 0) is 44.0 Å². The van der Waals surface area contributed by atoms with Crippen molar-refractivity contribution in [1.82, 2.24) is 25.0 Å². The summed E-state index contributed by atoms with van der Waals surface area (Å²) >= 11 is 1.61. The molecule has 0 saturated carbocycles. The molecule has 0 saturated heterocycles. The van der Waals surface area contributed by atoms with Gasteiger partial charge in [0.25, 0.3) is 0 Å². The summed E-state index contributed by atoms with van der Waals surface area (Å²) in [5, 5.41) is 18.0. The highest BCUT2D eigenvalue weighted by molar-refractivity contribution is 7.99. The first-order valence-electron chi connectivity index (χ1n) is 8.81. The summed E-state index contributed by atoms with van der Waals surface area (Å²) in [6, 6.07) is 7.57. The predicted molar refractivity (Wildman–Crippen MR) is 98.1 cm³/mol. The van der Waals surface area contributed by atoms with Gasteiger partial charge in [0, 0.05) is 18.5 Å². The van der Waals surface area contributed by atoms with E-state index in [1.807, 2.05) is 31.2 Å². The first kappa shape index (κ1) is 17.1. The molecular weight excluding hydrogens is 350 g/mol. The standard InChI is InChI=1S/C18H21N5O2S/c1-12(26-18-22-19-15-6-4-3-5-11-23(15)18)16-20-21-17(25-16)13-7-9-14(24-2)10-8-13/h7-10,12H,3-6,11H2,1-2H3. The third-order valence-corrected chi connectivity index (χ3v) is 5.55. The molecule has 4 rings (SSSR count). The highest BCUT2D eigenvalue weighted by Crippen LogP contribution is 2.35. The number of rotatable bonds is 5. The van der Waals surface area contributed by atoms with E-state index in [1.165, 1.54) is 19.3 Å². The fourth-order valence-corrected chi connectivity index (χ4v) is 3.93. The molecule has 1 aliphatic heterocycles. The van der Waals surface area contributed by atoms with Gasteiger partial charge < -0.3 is 13.7 Å². The molecule has 7 nitrogen and oxygen atoms in total. The smallest absolute Gasteiger partial charge is 0.247 e. The largest absolute Gasteiger partial charge is 0.497 e. The Hall–Kier alpha value is -2.35. The number of thioether (sulfide) groups is 1. The van der Waals surface area contributed by atoms with E-state index in [4.69, 9.17) is 9.15 Å². The molecule has 26 heavy (non-hydrogen) atoms. The lowest BCUT2D eigenvalue weighted by Crippen LogP contribution is -2.03. The van der Waals surface area contributed by atoms with Crippen molar-refractivity contribution in [3.8, 4) is 17.2 Å². The van der Waals surface area contributed by atoms with Gasteiger partial charge in [0.2, 0.25) is 11.8 Å². The lowest BCUT2D eigenvalue weighted by molar-refractivity contribution is 0.415. The Morgan fingerprint density at radius 3 is 2.73 bits per heavy atom. The van der Waals surface area contributed by atoms with Crippen molar-refractivity contribution in [3.05, 3.63) is 36.0 Å². The van der Waals surface area contributed by atoms with E-state index in [2.05, 4.69) is 25.0 Å². The molecule has 0 spiro atoms. The highest BCUT2D eigenvalue weighted by Gasteiger charge is 2.21. The molecule has 8 heteroatoms. The summed E-state index contributed by atoms with van der Waals surface area (Å²) in [7, 11) is 1.64. The van der Waals surface area contributed by atoms with E-state index < -0.39 is 0 Å². The molecule has 0 N–H and O–H groups in total. The number of hydrogen-bond acceptors (Lipinski definition) is 7. The number of hydrogen-bond donors (Lipinski definition) is 0. The molecule has 136 valence electrons. The van der Waals surface area contributed by atoms with Crippen molar-refractivity contribution < 1.29 is 9.15 Å². The average Bonchev–Trinajstić information content (AvgIpc) is 3.23. The van der Waals surface area contributed by atoms with Crippen molar-refractivity contribution in [1.29, 1.82) is 0 Å². The van der Waals surface area contributed by atoms with Crippen LogP contribution in [0.2, 0.25) is 0 Å². The van der Waals surface area contributed by atoms with Crippen LogP contribution in [0, 0.1) is 0 Å². The minimum Gasteiger partial charge on any atom is -0.497 e. The normalized spacial score (nSPS) is 15.3. The number of benzene rings is 1. The molecular formula is C18H21N5O2S. The second-order valence-electron chi connectivity index (χ2n) is 6.30. The summed E-state index contributed by atoms with van der Waals surface area (Å²) in [5.74, 6) is 2.98. The van der Waals surface area contributed by atoms with Gasteiger partial charge in [0.15, 0.2) is 5.16 Å². The summed E-state index contributed by atoms with van der Waals surface area (Å²) < 4.78 is 13.3. The molecule has 3 aromatic rings. The van der Waals surface area contributed by atoms with E-state index in [0.29, 0.717) is 11.8 Å². The van der Waals surface area contributed by atoms with Crippen LogP contribution in [-0.4, -0.2) is 32.1 Å². The van der Waals surface area contributed by atoms with Gasteiger partial charge in [-0.2, -0.15) is 0 Å². The van der Waals surface area contributed by atoms with E-state index in [0.717, 1.165) is 35.3 Å². The number of aromatic nitrogens is 5. The van der Waals surface area contributed by atoms with Crippen LogP contribution in [0.15, 0.2) is 33.8 Å². The molecule has 2 aromatic heterocycles. The summed E-state index contributed by atoms with van der Waals surface area (Å²) in [5.41, 5.74) is 0.873. The van der Waals surface area contributed by atoms with Crippen LogP contribution < -0.4 is 4.74 Å². The zero-order valence-corrected chi connectivity index (χ0v) is 15.7. The number of methoxy groups -OCH3 is 1. The Morgan fingerprint density at radius 2 is 1.92 bits per heavy atom. The maximum absolute atomic E-state index is 5.88. The fourth-order valence-electron chi connectivity index (χ4n) is 3.00. The second kappa shape index (κ2) is 7.49. The Kier molecular flexibility index (Phi) is 4.92. The lowest BCUT2D eigenvalue weighted by Gasteiger charge is -2.09. The second-order valence-corrected chi connectivity index (χ2v) is 7.60. The number of fused-ring (bicyclic) bond motifs is 1. The number of nitrogens with zero attached hydrogens (tertiary/aromatic N) is 5. The third-order valence-electron chi connectivity index (χ3n) is 4.48. The van der Waals surface area contributed by atoms with Gasteiger partial charge in [0.1, 0.15) is 11.6 Å². The Balaban J connectivity index is 1.50. The van der Waals surface area contributed by atoms with Crippen molar-refractivity contribution in [2.45, 2.75) is 49.6 Å². The van der Waals surface area contributed by atoms with Gasteiger partial charge in [-0.1, -0.05) is 18.2 Å². The van der Waals surface area contributed by atoms with Gasteiger partial charge in [-0.3, -0.25) is 0 Å². The first-order valence-corrected chi connectivity index (χ1v) is 9.69. The van der Waals surface area contributed by atoms with Gasteiger partial charge >= 0.3 is 0 Å². The van der Waals surface area contributed by atoms with E-state index in [-0.39, 0.29) is 5.25 Å². The van der Waals surface area contributed by atoms with Gasteiger partial charge in [-0.15, -0.1) is 20.4 Å². The number of ether oxygens (including phenoxy) is 1. The molecule has 1 aliphatic rings. The van der Waals surface area contributed by atoms with E-state index in [1.54, 1.807) is 18.9 Å². The minimum atomic E-state index is 0.00560.